The second-order valence-corrected chi connectivity index (χ2v) is 7.68. The maximum atomic E-state index is 12.5. The van der Waals surface area contributed by atoms with E-state index in [9.17, 15) is 4.79 Å². The average Bonchev–Trinajstić information content (AvgIpc) is 3.22. The lowest BCUT2D eigenvalue weighted by molar-refractivity contribution is 0.00321. The van der Waals surface area contributed by atoms with Crippen molar-refractivity contribution < 1.29 is 9.53 Å². The van der Waals surface area contributed by atoms with Crippen molar-refractivity contribution in [2.45, 2.75) is 31.9 Å². The van der Waals surface area contributed by atoms with Crippen LogP contribution >= 0.6 is 0 Å². The molecule has 150 valence electrons. The third-order valence-electron chi connectivity index (χ3n) is 5.38. The largest absolute Gasteiger partial charge is 0.459 e. The zero-order valence-corrected chi connectivity index (χ0v) is 16.5. The fourth-order valence-corrected chi connectivity index (χ4v) is 3.70. The molecule has 0 spiro atoms. The zero-order valence-electron chi connectivity index (χ0n) is 16.5. The molecule has 1 aliphatic carbocycles. The number of hydrogen-bond donors (Lipinski definition) is 2. The van der Waals surface area contributed by atoms with Gasteiger partial charge in [-0.1, -0.05) is 12.1 Å². The molecule has 0 amide bonds. The molecule has 3 heterocycles. The van der Waals surface area contributed by atoms with Crippen molar-refractivity contribution in [2.75, 3.05) is 0 Å². The predicted molar refractivity (Wildman–Crippen MR) is 114 cm³/mol. The number of imidazole rings is 1. The van der Waals surface area contributed by atoms with E-state index >= 15 is 0 Å². The van der Waals surface area contributed by atoms with Crippen molar-refractivity contribution in [1.82, 2.24) is 19.9 Å². The van der Waals surface area contributed by atoms with Gasteiger partial charge in [0.25, 0.3) is 0 Å². The molecule has 0 radical (unpaired) electrons. The van der Waals surface area contributed by atoms with Gasteiger partial charge in [0, 0.05) is 28.9 Å². The van der Waals surface area contributed by atoms with Crippen LogP contribution in [0.1, 0.15) is 28.9 Å². The number of aromatic amines is 1. The van der Waals surface area contributed by atoms with E-state index in [0.717, 1.165) is 39.2 Å². The van der Waals surface area contributed by atoms with Crippen molar-refractivity contribution in [2.24, 2.45) is 5.73 Å². The average molecular weight is 399 g/mol. The van der Waals surface area contributed by atoms with Gasteiger partial charge in [0.05, 0.1) is 34.5 Å². The number of nitrogens with one attached hydrogen (secondary N) is 1. The van der Waals surface area contributed by atoms with Gasteiger partial charge in [-0.05, 0) is 50.1 Å². The van der Waals surface area contributed by atoms with E-state index in [1.165, 1.54) is 0 Å². The van der Waals surface area contributed by atoms with Crippen LogP contribution in [0.15, 0.2) is 55.0 Å². The first-order chi connectivity index (χ1) is 14.6. The Morgan fingerprint density at radius 1 is 1.17 bits per heavy atom. The number of aromatic nitrogens is 4. The summed E-state index contributed by atoms with van der Waals surface area (Å²) in [6.07, 6.45) is 4.55. The fraction of sp³-hybridized carbons (Fsp3) is 0.217. The molecular formula is C23H21N5O2. The highest BCUT2D eigenvalue weighted by Crippen LogP contribution is 2.30. The number of nitrogens with zero attached hydrogens (tertiary/aromatic N) is 3. The van der Waals surface area contributed by atoms with Crippen molar-refractivity contribution in [1.29, 1.82) is 0 Å². The summed E-state index contributed by atoms with van der Waals surface area (Å²) in [5, 5.41) is 0.846. The second kappa shape index (κ2) is 7.35. The summed E-state index contributed by atoms with van der Waals surface area (Å²) in [5.74, 6) is -0.365. The molecule has 0 aliphatic heterocycles. The lowest BCUT2D eigenvalue weighted by Gasteiger charge is -2.31. The Balaban J connectivity index is 1.48. The van der Waals surface area contributed by atoms with Gasteiger partial charge in [-0.2, -0.15) is 0 Å². The number of nitrogens with two attached hydrogens (primary N) is 1. The van der Waals surface area contributed by atoms with Crippen LogP contribution < -0.4 is 5.73 Å². The van der Waals surface area contributed by atoms with Crippen LogP contribution in [0.5, 0.6) is 0 Å². The number of fused-ring (bicyclic) bond motifs is 1. The lowest BCUT2D eigenvalue weighted by Crippen LogP contribution is -2.42. The molecule has 1 aliphatic rings. The Morgan fingerprint density at radius 2 is 2.03 bits per heavy atom. The van der Waals surface area contributed by atoms with Crippen LogP contribution in [-0.4, -0.2) is 38.1 Å². The standard InChI is InChI=1S/C23H21N5O2/c1-13-3-2-4-20(28-13)22-21(26-12-27-22)14-5-6-19-15(7-14)8-16(11-25-19)23(29)30-18-9-17(24)10-18/h2-8,11-12,17-18H,9-10,24H2,1H3,(H,26,27). The smallest absolute Gasteiger partial charge is 0.339 e. The molecule has 5 rings (SSSR count). The van der Waals surface area contributed by atoms with Gasteiger partial charge in [0.15, 0.2) is 0 Å². The summed E-state index contributed by atoms with van der Waals surface area (Å²) in [6, 6.07) is 13.7. The fourth-order valence-electron chi connectivity index (χ4n) is 3.70. The topological polar surface area (TPSA) is 107 Å². The molecule has 0 saturated heterocycles. The van der Waals surface area contributed by atoms with Gasteiger partial charge >= 0.3 is 5.97 Å². The maximum absolute atomic E-state index is 12.5. The Labute approximate surface area is 173 Å². The Bertz CT molecular complexity index is 1240. The Kier molecular flexibility index (Phi) is 4.52. The molecule has 0 unspecified atom stereocenters. The number of ether oxygens (including phenoxy) is 1. The van der Waals surface area contributed by atoms with E-state index in [1.807, 2.05) is 49.4 Å². The van der Waals surface area contributed by atoms with Crippen molar-refractivity contribution in [3.05, 3.63) is 66.2 Å². The number of carbonyl (C=O) groups excluding carboxylic acids is 1. The molecule has 1 saturated carbocycles. The normalized spacial score (nSPS) is 18.2. The van der Waals surface area contributed by atoms with Gasteiger partial charge in [0.1, 0.15) is 6.10 Å². The van der Waals surface area contributed by atoms with Crippen LogP contribution in [0.25, 0.3) is 33.5 Å². The first-order valence-electron chi connectivity index (χ1n) is 9.91. The molecule has 0 bridgehead atoms. The highest BCUT2D eigenvalue weighted by molar-refractivity contribution is 5.95. The first kappa shape index (κ1) is 18.4. The second-order valence-electron chi connectivity index (χ2n) is 7.68. The minimum Gasteiger partial charge on any atom is -0.459 e. The zero-order chi connectivity index (χ0) is 20.7. The summed E-state index contributed by atoms with van der Waals surface area (Å²) in [5.41, 5.74) is 11.3. The van der Waals surface area contributed by atoms with Gasteiger partial charge in [0.2, 0.25) is 0 Å². The van der Waals surface area contributed by atoms with Crippen molar-refractivity contribution in [3.8, 4) is 22.6 Å². The number of benzene rings is 1. The lowest BCUT2D eigenvalue weighted by atomic mass is 9.90. The molecule has 30 heavy (non-hydrogen) atoms. The van der Waals surface area contributed by atoms with Crippen LogP contribution in [-0.2, 0) is 4.74 Å². The minimum absolute atomic E-state index is 0.0945. The van der Waals surface area contributed by atoms with Gasteiger partial charge in [-0.25, -0.2) is 9.78 Å². The number of H-pyrrole nitrogens is 1. The monoisotopic (exact) mass is 399 g/mol. The molecular weight excluding hydrogens is 378 g/mol. The van der Waals surface area contributed by atoms with Crippen molar-refractivity contribution >= 4 is 16.9 Å². The van der Waals surface area contributed by atoms with E-state index in [0.29, 0.717) is 18.4 Å². The molecule has 1 fully saturated rings. The summed E-state index contributed by atoms with van der Waals surface area (Å²) < 4.78 is 5.50. The summed E-state index contributed by atoms with van der Waals surface area (Å²) in [6.45, 7) is 1.96. The number of carbonyl (C=O) groups is 1. The van der Waals surface area contributed by atoms with Gasteiger partial charge in [-0.15, -0.1) is 0 Å². The molecule has 1 aromatic carbocycles. The third kappa shape index (κ3) is 3.44. The molecule has 4 aromatic rings. The number of rotatable bonds is 4. The number of hydrogen-bond acceptors (Lipinski definition) is 6. The van der Waals surface area contributed by atoms with E-state index < -0.39 is 0 Å². The van der Waals surface area contributed by atoms with E-state index in [2.05, 4.69) is 19.9 Å². The first-order valence-corrected chi connectivity index (χ1v) is 9.91. The van der Waals surface area contributed by atoms with E-state index in [-0.39, 0.29) is 18.1 Å². The Hall–Kier alpha value is -3.58. The highest BCUT2D eigenvalue weighted by Gasteiger charge is 2.29. The minimum atomic E-state index is -0.365. The quantitative estimate of drug-likeness (QED) is 0.508. The van der Waals surface area contributed by atoms with Crippen LogP contribution in [0.4, 0.5) is 0 Å². The van der Waals surface area contributed by atoms with Crippen LogP contribution in [0.3, 0.4) is 0 Å². The molecule has 0 atom stereocenters. The maximum Gasteiger partial charge on any atom is 0.339 e. The van der Waals surface area contributed by atoms with E-state index in [1.54, 1.807) is 12.5 Å². The van der Waals surface area contributed by atoms with Gasteiger partial charge in [-0.3, -0.25) is 9.97 Å². The molecule has 3 N–H and O–H groups in total. The molecule has 7 heteroatoms. The predicted octanol–water partition coefficient (Wildman–Crippen LogP) is 3.64. The van der Waals surface area contributed by atoms with Crippen LogP contribution in [0, 0.1) is 6.92 Å². The molecule has 7 nitrogen and oxygen atoms in total. The summed E-state index contributed by atoms with van der Waals surface area (Å²) in [7, 11) is 0. The number of pyridine rings is 2. The van der Waals surface area contributed by atoms with Crippen LogP contribution in [0.2, 0.25) is 0 Å². The van der Waals surface area contributed by atoms with E-state index in [4.69, 9.17) is 10.5 Å². The summed E-state index contributed by atoms with van der Waals surface area (Å²) >= 11 is 0. The number of aryl methyl sites for hydroxylation is 1. The summed E-state index contributed by atoms with van der Waals surface area (Å²) in [4.78, 5) is 29.2. The SMILES string of the molecule is Cc1cccc(-c2[nH]cnc2-c2ccc3ncc(C(=O)OC4CC(N)C4)cc3c2)n1. The van der Waals surface area contributed by atoms with Gasteiger partial charge < -0.3 is 15.5 Å². The Morgan fingerprint density at radius 3 is 2.83 bits per heavy atom. The van der Waals surface area contributed by atoms with Crippen molar-refractivity contribution in [3.63, 3.8) is 0 Å². The third-order valence-corrected chi connectivity index (χ3v) is 5.38. The molecule has 3 aromatic heterocycles. The highest BCUT2D eigenvalue weighted by atomic mass is 16.5. The number of esters is 1.